The number of nitrogens with zero attached hydrogens (tertiary/aromatic N) is 5. The Labute approximate surface area is 189 Å². The monoisotopic (exact) mass is 449 g/mol. The highest BCUT2D eigenvalue weighted by Gasteiger charge is 2.25. The summed E-state index contributed by atoms with van der Waals surface area (Å²) in [7, 11) is 0. The van der Waals surface area contributed by atoms with Crippen molar-refractivity contribution in [3.63, 3.8) is 0 Å². The Morgan fingerprint density at radius 2 is 2.12 bits per heavy atom. The molecule has 1 amide bonds. The van der Waals surface area contributed by atoms with Gasteiger partial charge in [0.25, 0.3) is 0 Å². The summed E-state index contributed by atoms with van der Waals surface area (Å²) >= 11 is 1.36. The van der Waals surface area contributed by atoms with E-state index in [1.165, 1.54) is 11.8 Å². The van der Waals surface area contributed by atoms with Gasteiger partial charge < -0.3 is 9.72 Å². The van der Waals surface area contributed by atoms with Crippen molar-refractivity contribution >= 4 is 34.5 Å². The topological polar surface area (TPSA) is 111 Å². The predicted molar refractivity (Wildman–Crippen MR) is 122 cm³/mol. The predicted octanol–water partition coefficient (Wildman–Crippen LogP) is 3.51. The van der Waals surface area contributed by atoms with Crippen LogP contribution in [0.15, 0.2) is 54.1 Å². The van der Waals surface area contributed by atoms with Crippen molar-refractivity contribution in [3.05, 3.63) is 48.9 Å². The summed E-state index contributed by atoms with van der Waals surface area (Å²) < 4.78 is 7.95. The number of H-pyrrole nitrogens is 1. The third kappa shape index (κ3) is 4.23. The van der Waals surface area contributed by atoms with Crippen molar-refractivity contribution in [2.45, 2.75) is 42.8 Å². The van der Waals surface area contributed by atoms with Gasteiger partial charge in [-0.15, -0.1) is 10.2 Å². The largest absolute Gasteiger partial charge is 0.376 e. The Bertz CT molecular complexity index is 1220. The van der Waals surface area contributed by atoms with Crippen LogP contribution in [0.5, 0.6) is 0 Å². The molecule has 3 aromatic heterocycles. The van der Waals surface area contributed by atoms with Crippen LogP contribution in [0.4, 0.5) is 5.95 Å². The van der Waals surface area contributed by atoms with Crippen LogP contribution in [0, 0.1) is 0 Å². The van der Waals surface area contributed by atoms with Crippen LogP contribution < -0.4 is 5.32 Å². The molecule has 1 aliphatic heterocycles. The zero-order valence-electron chi connectivity index (χ0n) is 17.6. The number of amides is 1. The first kappa shape index (κ1) is 20.7. The van der Waals surface area contributed by atoms with Crippen molar-refractivity contribution in [1.82, 2.24) is 29.7 Å². The third-order valence-corrected chi connectivity index (χ3v) is 6.49. The molecule has 0 bridgehead atoms. The summed E-state index contributed by atoms with van der Waals surface area (Å²) in [6, 6.07) is 9.81. The molecular formula is C22H23N7O2S. The molecular weight excluding hydrogens is 426 g/mol. The number of aromatic amines is 1. The maximum absolute atomic E-state index is 12.7. The van der Waals surface area contributed by atoms with E-state index in [2.05, 4.69) is 41.1 Å². The highest BCUT2D eigenvalue weighted by molar-refractivity contribution is 8.00. The molecule has 32 heavy (non-hydrogen) atoms. The molecule has 1 saturated heterocycles. The molecule has 0 spiro atoms. The minimum Gasteiger partial charge on any atom is -0.376 e. The number of benzene rings is 1. The van der Waals surface area contributed by atoms with Crippen molar-refractivity contribution in [2.24, 2.45) is 0 Å². The zero-order chi connectivity index (χ0) is 21.9. The Kier molecular flexibility index (Phi) is 5.87. The quantitative estimate of drug-likeness (QED) is 0.415. The summed E-state index contributed by atoms with van der Waals surface area (Å²) in [6.45, 7) is 3.24. The number of aromatic nitrogens is 6. The van der Waals surface area contributed by atoms with E-state index in [9.17, 15) is 4.79 Å². The Hall–Kier alpha value is -3.24. The molecule has 4 heterocycles. The van der Waals surface area contributed by atoms with Gasteiger partial charge in [0.1, 0.15) is 0 Å². The molecule has 1 aliphatic rings. The van der Waals surface area contributed by atoms with Crippen LogP contribution in [0.1, 0.15) is 19.8 Å². The lowest BCUT2D eigenvalue weighted by Crippen LogP contribution is -2.24. The molecule has 1 fully saturated rings. The first-order valence-corrected chi connectivity index (χ1v) is 11.4. The Balaban J connectivity index is 1.43. The molecule has 10 heteroatoms. The van der Waals surface area contributed by atoms with Gasteiger partial charge in [0.05, 0.1) is 17.9 Å². The number of rotatable bonds is 7. The molecule has 5 rings (SSSR count). The van der Waals surface area contributed by atoms with Crippen molar-refractivity contribution in [3.8, 4) is 11.4 Å². The van der Waals surface area contributed by atoms with Gasteiger partial charge >= 0.3 is 0 Å². The summed E-state index contributed by atoms with van der Waals surface area (Å²) in [4.78, 5) is 24.1. The zero-order valence-corrected chi connectivity index (χ0v) is 18.4. The Morgan fingerprint density at radius 3 is 2.94 bits per heavy atom. The fraction of sp³-hybridized carbons (Fsp3) is 0.318. The van der Waals surface area contributed by atoms with Crippen LogP contribution in [0.2, 0.25) is 0 Å². The number of carbonyl (C=O) groups is 1. The molecule has 4 aromatic rings. The SMILES string of the molecule is CC(Sc1nnc(-c2c[nH]c3ccccc23)n1CC1CCCO1)C(=O)Nc1ncccn1. The Morgan fingerprint density at radius 1 is 1.28 bits per heavy atom. The van der Waals surface area contributed by atoms with Gasteiger partial charge in [-0.1, -0.05) is 30.0 Å². The van der Waals surface area contributed by atoms with Crippen molar-refractivity contribution in [1.29, 1.82) is 0 Å². The molecule has 0 aliphatic carbocycles. The van der Waals surface area contributed by atoms with E-state index in [0.717, 1.165) is 41.7 Å². The number of carbonyl (C=O) groups excluding carboxylic acids is 1. The molecule has 2 N–H and O–H groups in total. The van der Waals surface area contributed by atoms with Gasteiger partial charge in [-0.25, -0.2) is 9.97 Å². The van der Waals surface area contributed by atoms with E-state index < -0.39 is 5.25 Å². The van der Waals surface area contributed by atoms with Crippen LogP contribution in [-0.2, 0) is 16.1 Å². The third-order valence-electron chi connectivity index (χ3n) is 5.41. The molecule has 9 nitrogen and oxygen atoms in total. The second-order valence-electron chi connectivity index (χ2n) is 7.62. The first-order chi connectivity index (χ1) is 15.7. The minimum atomic E-state index is -0.415. The van der Waals surface area contributed by atoms with E-state index in [1.807, 2.05) is 31.3 Å². The van der Waals surface area contributed by atoms with Crippen LogP contribution >= 0.6 is 11.8 Å². The van der Waals surface area contributed by atoms with Crippen molar-refractivity contribution in [2.75, 3.05) is 11.9 Å². The van der Waals surface area contributed by atoms with E-state index >= 15 is 0 Å². The fourth-order valence-electron chi connectivity index (χ4n) is 3.78. The number of ether oxygens (including phenoxy) is 1. The molecule has 0 saturated carbocycles. The smallest absolute Gasteiger partial charge is 0.240 e. The van der Waals surface area contributed by atoms with Gasteiger partial charge in [-0.3, -0.25) is 14.7 Å². The standard InChI is InChI=1S/C22H23N7O2S/c1-14(20(30)26-21-23-9-5-10-24-21)32-22-28-27-19(29(22)13-15-6-4-11-31-15)17-12-25-18-8-3-2-7-16(17)18/h2-3,5,7-10,12,14-15,25H,4,6,11,13H2,1H3,(H,23,24,26,30). The summed E-state index contributed by atoms with van der Waals surface area (Å²) in [6.07, 6.45) is 7.29. The van der Waals surface area contributed by atoms with E-state index in [0.29, 0.717) is 11.7 Å². The lowest BCUT2D eigenvalue weighted by atomic mass is 10.1. The molecule has 164 valence electrons. The maximum Gasteiger partial charge on any atom is 0.240 e. The summed E-state index contributed by atoms with van der Waals surface area (Å²) in [5.74, 6) is 0.853. The number of nitrogens with one attached hydrogen (secondary N) is 2. The van der Waals surface area contributed by atoms with Crippen LogP contribution in [-0.4, -0.2) is 53.6 Å². The van der Waals surface area contributed by atoms with Crippen LogP contribution in [0.25, 0.3) is 22.3 Å². The van der Waals surface area contributed by atoms with Gasteiger partial charge in [-0.2, -0.15) is 0 Å². The summed E-state index contributed by atoms with van der Waals surface area (Å²) in [5, 5.41) is 13.0. The van der Waals surface area contributed by atoms with Gasteiger partial charge in [0.2, 0.25) is 11.9 Å². The normalized spacial score (nSPS) is 17.0. The lowest BCUT2D eigenvalue weighted by Gasteiger charge is -2.16. The molecule has 2 unspecified atom stereocenters. The van der Waals surface area contributed by atoms with Gasteiger partial charge in [-0.05, 0) is 31.9 Å². The highest BCUT2D eigenvalue weighted by atomic mass is 32.2. The average Bonchev–Trinajstić information content (AvgIpc) is 3.56. The second-order valence-corrected chi connectivity index (χ2v) is 8.93. The number of hydrogen-bond acceptors (Lipinski definition) is 7. The summed E-state index contributed by atoms with van der Waals surface area (Å²) in [5.41, 5.74) is 2.02. The molecule has 1 aromatic carbocycles. The number of para-hydroxylation sites is 1. The van der Waals surface area contributed by atoms with Crippen LogP contribution in [0.3, 0.4) is 0 Å². The van der Waals surface area contributed by atoms with Gasteiger partial charge in [0.15, 0.2) is 11.0 Å². The maximum atomic E-state index is 12.7. The molecule has 2 atom stereocenters. The minimum absolute atomic E-state index is 0.108. The number of hydrogen-bond donors (Lipinski definition) is 2. The van der Waals surface area contributed by atoms with E-state index in [4.69, 9.17) is 4.74 Å². The van der Waals surface area contributed by atoms with Crippen molar-refractivity contribution < 1.29 is 9.53 Å². The number of anilines is 1. The molecule has 0 radical (unpaired) electrons. The second kappa shape index (κ2) is 9.09. The lowest BCUT2D eigenvalue weighted by molar-refractivity contribution is -0.115. The first-order valence-electron chi connectivity index (χ1n) is 10.5. The number of fused-ring (bicyclic) bond motifs is 1. The average molecular weight is 450 g/mol. The fourth-order valence-corrected chi connectivity index (χ4v) is 4.63. The highest BCUT2D eigenvalue weighted by Crippen LogP contribution is 2.32. The number of thioether (sulfide) groups is 1. The van der Waals surface area contributed by atoms with E-state index in [-0.39, 0.29) is 18.0 Å². The van der Waals surface area contributed by atoms with E-state index in [1.54, 1.807) is 18.5 Å². The van der Waals surface area contributed by atoms with Gasteiger partial charge in [0, 0.05) is 41.7 Å².